The van der Waals surface area contributed by atoms with Gasteiger partial charge in [-0.3, -0.25) is 4.79 Å². The van der Waals surface area contributed by atoms with Gasteiger partial charge in [-0.1, -0.05) is 0 Å². The van der Waals surface area contributed by atoms with Gasteiger partial charge in [-0.15, -0.1) is 0 Å². The van der Waals surface area contributed by atoms with E-state index in [2.05, 4.69) is 0 Å². The van der Waals surface area contributed by atoms with Crippen LogP contribution in [0.1, 0.15) is 26.2 Å². The lowest BCUT2D eigenvalue weighted by atomic mass is 10.0. The number of likely N-dealkylation sites (tertiary alicyclic amines) is 1. The topological polar surface area (TPSA) is 40.5 Å². The molecule has 1 rings (SSSR count). The van der Waals surface area contributed by atoms with Gasteiger partial charge < -0.3 is 10.0 Å². The normalized spacial score (nSPS) is 25.3. The number of amides is 1. The molecule has 1 heterocycles. The summed E-state index contributed by atoms with van der Waals surface area (Å²) in [5.41, 5.74) is 0. The second kappa shape index (κ2) is 3.72. The summed E-state index contributed by atoms with van der Waals surface area (Å²) < 4.78 is 0. The van der Waals surface area contributed by atoms with Gasteiger partial charge in [-0.05, 0) is 26.2 Å². The van der Waals surface area contributed by atoms with Crippen LogP contribution in [0.15, 0.2) is 0 Å². The van der Waals surface area contributed by atoms with Gasteiger partial charge in [0.05, 0.1) is 0 Å². The van der Waals surface area contributed by atoms with Crippen LogP contribution in [0.4, 0.5) is 0 Å². The van der Waals surface area contributed by atoms with Crippen LogP contribution in [0, 0.1) is 0 Å². The number of hydrogen-bond acceptors (Lipinski definition) is 2. The second-order valence-electron chi connectivity index (χ2n) is 3.09. The smallest absolute Gasteiger partial charge is 0.248 e. The molecule has 0 aromatic carbocycles. The Labute approximate surface area is 67.0 Å². The van der Waals surface area contributed by atoms with E-state index in [9.17, 15) is 4.79 Å². The molecule has 1 fully saturated rings. The number of carbonyl (C=O) groups excluding carboxylic acids is 1. The van der Waals surface area contributed by atoms with Crippen molar-refractivity contribution in [2.75, 3.05) is 13.2 Å². The van der Waals surface area contributed by atoms with E-state index in [-0.39, 0.29) is 12.5 Å². The average molecular weight is 157 g/mol. The highest BCUT2D eigenvalue weighted by Gasteiger charge is 2.21. The number of carbonyl (C=O) groups is 1. The van der Waals surface area contributed by atoms with Crippen molar-refractivity contribution in [1.29, 1.82) is 0 Å². The third-order valence-corrected chi connectivity index (χ3v) is 2.26. The molecule has 1 atom stereocenters. The fraction of sp³-hybridized carbons (Fsp3) is 0.875. The third-order valence-electron chi connectivity index (χ3n) is 2.26. The Morgan fingerprint density at radius 1 is 1.64 bits per heavy atom. The fourth-order valence-electron chi connectivity index (χ4n) is 1.56. The van der Waals surface area contributed by atoms with Crippen molar-refractivity contribution in [3.8, 4) is 0 Å². The van der Waals surface area contributed by atoms with Crippen LogP contribution in [-0.2, 0) is 4.79 Å². The van der Waals surface area contributed by atoms with E-state index in [0.717, 1.165) is 19.4 Å². The molecule has 1 aliphatic rings. The number of hydrogen-bond donors (Lipinski definition) is 1. The van der Waals surface area contributed by atoms with Crippen LogP contribution in [0.5, 0.6) is 0 Å². The summed E-state index contributed by atoms with van der Waals surface area (Å²) in [4.78, 5) is 12.8. The fourth-order valence-corrected chi connectivity index (χ4v) is 1.56. The lowest BCUT2D eigenvalue weighted by Gasteiger charge is -2.32. The maximum atomic E-state index is 11.1. The lowest BCUT2D eigenvalue weighted by Crippen LogP contribution is -2.43. The highest BCUT2D eigenvalue weighted by Crippen LogP contribution is 2.15. The Morgan fingerprint density at radius 2 is 2.36 bits per heavy atom. The van der Waals surface area contributed by atoms with Gasteiger partial charge >= 0.3 is 0 Å². The Morgan fingerprint density at radius 3 is 2.91 bits per heavy atom. The first-order valence-electron chi connectivity index (χ1n) is 4.16. The molecule has 0 aliphatic carbocycles. The Kier molecular flexibility index (Phi) is 2.88. The molecule has 1 amide bonds. The van der Waals surface area contributed by atoms with Crippen molar-refractivity contribution in [2.24, 2.45) is 0 Å². The summed E-state index contributed by atoms with van der Waals surface area (Å²) in [5.74, 6) is -0.128. The highest BCUT2D eigenvalue weighted by molar-refractivity contribution is 5.77. The lowest BCUT2D eigenvalue weighted by molar-refractivity contribution is -0.137. The first-order chi connectivity index (χ1) is 5.25. The zero-order valence-electron chi connectivity index (χ0n) is 6.92. The summed E-state index contributed by atoms with van der Waals surface area (Å²) in [6.07, 6.45) is 3.36. The number of piperidine rings is 1. The summed E-state index contributed by atoms with van der Waals surface area (Å²) in [6.45, 7) is 2.51. The van der Waals surface area contributed by atoms with Crippen LogP contribution < -0.4 is 0 Å². The van der Waals surface area contributed by atoms with Crippen molar-refractivity contribution < 1.29 is 9.90 Å². The summed E-state index contributed by atoms with van der Waals surface area (Å²) in [7, 11) is 0. The molecular formula is C8H15NO2. The summed E-state index contributed by atoms with van der Waals surface area (Å²) in [6, 6.07) is 0.323. The maximum Gasteiger partial charge on any atom is 0.248 e. The molecule has 11 heavy (non-hydrogen) atoms. The molecule has 0 bridgehead atoms. The van der Waals surface area contributed by atoms with Crippen LogP contribution >= 0.6 is 0 Å². The van der Waals surface area contributed by atoms with Gasteiger partial charge in [0.25, 0.3) is 0 Å². The Hall–Kier alpha value is -0.570. The first kappa shape index (κ1) is 8.53. The van der Waals surface area contributed by atoms with Gasteiger partial charge in [0.1, 0.15) is 6.61 Å². The van der Waals surface area contributed by atoms with Gasteiger partial charge in [0.2, 0.25) is 5.91 Å². The second-order valence-corrected chi connectivity index (χ2v) is 3.09. The number of nitrogens with zero attached hydrogens (tertiary/aromatic N) is 1. The van der Waals surface area contributed by atoms with E-state index < -0.39 is 0 Å². The molecule has 0 aromatic rings. The van der Waals surface area contributed by atoms with Crippen molar-refractivity contribution in [2.45, 2.75) is 32.2 Å². The van der Waals surface area contributed by atoms with Crippen LogP contribution in [-0.4, -0.2) is 35.1 Å². The predicted molar refractivity (Wildman–Crippen MR) is 42.1 cm³/mol. The van der Waals surface area contributed by atoms with E-state index >= 15 is 0 Å². The zero-order valence-corrected chi connectivity index (χ0v) is 6.92. The molecule has 1 saturated heterocycles. The van der Waals surface area contributed by atoms with E-state index in [4.69, 9.17) is 5.11 Å². The third kappa shape index (κ3) is 1.93. The Bertz CT molecular complexity index is 147. The van der Waals surface area contributed by atoms with E-state index in [0.29, 0.717) is 6.04 Å². The minimum Gasteiger partial charge on any atom is -0.387 e. The highest BCUT2D eigenvalue weighted by atomic mass is 16.3. The van der Waals surface area contributed by atoms with Crippen molar-refractivity contribution in [1.82, 2.24) is 4.90 Å². The first-order valence-corrected chi connectivity index (χ1v) is 4.16. The monoisotopic (exact) mass is 157 g/mol. The SMILES string of the molecule is C[C@@H]1CCCCN1C(=O)CO. The molecule has 1 N–H and O–H groups in total. The van der Waals surface area contributed by atoms with Crippen LogP contribution in [0.2, 0.25) is 0 Å². The number of aliphatic hydroxyl groups excluding tert-OH is 1. The van der Waals surface area contributed by atoms with Gasteiger partial charge in [-0.2, -0.15) is 0 Å². The van der Waals surface area contributed by atoms with E-state index in [1.54, 1.807) is 4.90 Å². The molecule has 0 saturated carbocycles. The van der Waals surface area contributed by atoms with Crippen LogP contribution in [0.25, 0.3) is 0 Å². The maximum absolute atomic E-state index is 11.1. The van der Waals surface area contributed by atoms with Gasteiger partial charge in [0, 0.05) is 12.6 Å². The molecule has 1 aliphatic heterocycles. The molecular weight excluding hydrogens is 142 g/mol. The molecule has 64 valence electrons. The number of aliphatic hydroxyl groups is 1. The van der Waals surface area contributed by atoms with Gasteiger partial charge in [0.15, 0.2) is 0 Å². The predicted octanol–water partition coefficient (Wildman–Crippen LogP) is 0.380. The summed E-state index contributed by atoms with van der Waals surface area (Å²) in [5, 5.41) is 8.61. The van der Waals surface area contributed by atoms with Crippen LogP contribution in [0.3, 0.4) is 0 Å². The molecule has 0 unspecified atom stereocenters. The van der Waals surface area contributed by atoms with Crippen molar-refractivity contribution >= 4 is 5.91 Å². The standard InChI is InChI=1S/C8H15NO2/c1-7-4-2-3-5-9(7)8(11)6-10/h7,10H,2-6H2,1H3/t7-/m1/s1. The minimum absolute atomic E-state index is 0.128. The largest absolute Gasteiger partial charge is 0.387 e. The average Bonchev–Trinajstić information content (AvgIpc) is 2.04. The zero-order chi connectivity index (χ0) is 8.27. The molecule has 3 heteroatoms. The quantitative estimate of drug-likeness (QED) is 0.597. The molecule has 3 nitrogen and oxygen atoms in total. The molecule has 0 aromatic heterocycles. The van der Waals surface area contributed by atoms with E-state index in [1.807, 2.05) is 6.92 Å². The van der Waals surface area contributed by atoms with Crippen molar-refractivity contribution in [3.63, 3.8) is 0 Å². The summed E-state index contributed by atoms with van der Waals surface area (Å²) >= 11 is 0. The molecule has 0 radical (unpaired) electrons. The van der Waals surface area contributed by atoms with Crippen molar-refractivity contribution in [3.05, 3.63) is 0 Å². The number of rotatable bonds is 1. The van der Waals surface area contributed by atoms with Gasteiger partial charge in [-0.25, -0.2) is 0 Å². The Balaban J connectivity index is 2.47. The molecule has 0 spiro atoms. The van der Waals surface area contributed by atoms with E-state index in [1.165, 1.54) is 6.42 Å². The minimum atomic E-state index is -0.343.